The number of amides is 2. The molecule has 2 aromatic rings. The fourth-order valence-electron chi connectivity index (χ4n) is 3.01. The quantitative estimate of drug-likeness (QED) is 0.804. The molecule has 1 fully saturated rings. The Morgan fingerprint density at radius 1 is 1.52 bits per heavy atom. The number of carbonyl (C=O) groups is 1. The van der Waals surface area contributed by atoms with Gasteiger partial charge in [0.05, 0.1) is 25.9 Å². The lowest BCUT2D eigenvalue weighted by atomic mass is 9.98. The van der Waals surface area contributed by atoms with Crippen molar-refractivity contribution < 1.29 is 14.1 Å². The van der Waals surface area contributed by atoms with Crippen LogP contribution in [0.25, 0.3) is 0 Å². The predicted octanol–water partition coefficient (Wildman–Crippen LogP) is 1.08. The highest BCUT2D eigenvalue weighted by molar-refractivity contribution is 5.74. The van der Waals surface area contributed by atoms with Crippen LogP contribution < -0.4 is 5.32 Å². The maximum absolute atomic E-state index is 12.4. The van der Waals surface area contributed by atoms with Gasteiger partial charge in [-0.25, -0.2) is 9.78 Å². The normalized spacial score (nSPS) is 17.6. The van der Waals surface area contributed by atoms with Crippen LogP contribution in [0.3, 0.4) is 0 Å². The van der Waals surface area contributed by atoms with Crippen molar-refractivity contribution in [3.8, 4) is 0 Å². The predicted molar refractivity (Wildman–Crippen MR) is 88.6 cm³/mol. The number of likely N-dealkylation sites (tertiary alicyclic amines) is 1. The summed E-state index contributed by atoms with van der Waals surface area (Å²) in [4.78, 5) is 22.5. The molecular weight excluding hydrogens is 324 g/mol. The molecule has 9 heteroatoms. The zero-order valence-electron chi connectivity index (χ0n) is 14.4. The Morgan fingerprint density at radius 2 is 2.44 bits per heavy atom. The van der Waals surface area contributed by atoms with Crippen LogP contribution in [-0.2, 0) is 24.2 Å². The lowest BCUT2D eigenvalue weighted by Crippen LogP contribution is -2.46. The Bertz CT molecular complexity index is 657. The molecule has 1 aliphatic heterocycles. The SMILES string of the molecule is COCCc1nc(CNC(=O)N2CCC[C@@H](Cn3ccnc3)C2)no1. The fourth-order valence-corrected chi connectivity index (χ4v) is 3.01. The van der Waals surface area contributed by atoms with E-state index in [0.29, 0.717) is 30.7 Å². The molecule has 0 radical (unpaired) electrons. The van der Waals surface area contributed by atoms with E-state index in [4.69, 9.17) is 9.26 Å². The summed E-state index contributed by atoms with van der Waals surface area (Å²) in [5.41, 5.74) is 0. The number of imidazole rings is 1. The number of urea groups is 1. The lowest BCUT2D eigenvalue weighted by molar-refractivity contribution is 0.158. The summed E-state index contributed by atoms with van der Waals surface area (Å²) in [5, 5.41) is 6.73. The average molecular weight is 348 g/mol. The molecule has 25 heavy (non-hydrogen) atoms. The number of rotatable bonds is 7. The Labute approximate surface area is 146 Å². The monoisotopic (exact) mass is 348 g/mol. The molecule has 0 spiro atoms. The molecule has 3 rings (SSSR count). The van der Waals surface area contributed by atoms with Gasteiger partial charge in [-0.3, -0.25) is 0 Å². The van der Waals surface area contributed by atoms with Gasteiger partial charge in [-0.15, -0.1) is 0 Å². The summed E-state index contributed by atoms with van der Waals surface area (Å²) in [6.07, 6.45) is 8.25. The van der Waals surface area contributed by atoms with E-state index in [1.165, 1.54) is 0 Å². The zero-order chi connectivity index (χ0) is 17.5. The van der Waals surface area contributed by atoms with Crippen LogP contribution in [0.2, 0.25) is 0 Å². The first-order valence-electron chi connectivity index (χ1n) is 8.53. The van der Waals surface area contributed by atoms with E-state index in [9.17, 15) is 4.79 Å². The third kappa shape index (κ3) is 5.02. The Balaban J connectivity index is 1.45. The Hall–Kier alpha value is -2.42. The van der Waals surface area contributed by atoms with E-state index in [0.717, 1.165) is 32.5 Å². The van der Waals surface area contributed by atoms with Crippen LogP contribution in [0.5, 0.6) is 0 Å². The van der Waals surface area contributed by atoms with Crippen LogP contribution in [0.4, 0.5) is 4.79 Å². The maximum atomic E-state index is 12.4. The summed E-state index contributed by atoms with van der Waals surface area (Å²) in [6, 6.07) is -0.0847. The van der Waals surface area contributed by atoms with Gasteiger partial charge in [0.25, 0.3) is 0 Å². The summed E-state index contributed by atoms with van der Waals surface area (Å²) in [6.45, 7) is 3.20. The van der Waals surface area contributed by atoms with Crippen molar-refractivity contribution in [2.75, 3.05) is 26.8 Å². The number of methoxy groups -OCH3 is 1. The van der Waals surface area contributed by atoms with E-state index in [1.807, 2.05) is 17.4 Å². The van der Waals surface area contributed by atoms with Crippen LogP contribution >= 0.6 is 0 Å². The summed E-state index contributed by atoms with van der Waals surface area (Å²) in [7, 11) is 1.62. The van der Waals surface area contributed by atoms with Crippen molar-refractivity contribution in [3.63, 3.8) is 0 Å². The highest BCUT2D eigenvalue weighted by Gasteiger charge is 2.24. The number of nitrogens with one attached hydrogen (secondary N) is 1. The van der Waals surface area contributed by atoms with Gasteiger partial charge in [-0.2, -0.15) is 4.98 Å². The van der Waals surface area contributed by atoms with E-state index in [1.54, 1.807) is 13.3 Å². The van der Waals surface area contributed by atoms with Gasteiger partial charge in [-0.1, -0.05) is 5.16 Å². The largest absolute Gasteiger partial charge is 0.384 e. The minimum atomic E-state index is -0.0847. The molecule has 3 heterocycles. The molecule has 1 saturated heterocycles. The molecule has 1 aliphatic rings. The number of carbonyl (C=O) groups excluding carboxylic acids is 1. The van der Waals surface area contributed by atoms with Crippen molar-refractivity contribution in [3.05, 3.63) is 30.4 Å². The second-order valence-corrected chi connectivity index (χ2v) is 6.22. The van der Waals surface area contributed by atoms with E-state index in [2.05, 4.69) is 25.0 Å². The topological polar surface area (TPSA) is 98.3 Å². The fraction of sp³-hybridized carbons (Fsp3) is 0.625. The van der Waals surface area contributed by atoms with Gasteiger partial charge < -0.3 is 24.0 Å². The van der Waals surface area contributed by atoms with Crippen LogP contribution in [-0.4, -0.2) is 57.4 Å². The number of hydrogen-bond donors (Lipinski definition) is 1. The highest BCUT2D eigenvalue weighted by atomic mass is 16.5. The molecule has 2 amide bonds. The number of nitrogens with zero attached hydrogens (tertiary/aromatic N) is 5. The van der Waals surface area contributed by atoms with Gasteiger partial charge in [0, 0.05) is 39.1 Å². The minimum absolute atomic E-state index is 0.0847. The highest BCUT2D eigenvalue weighted by Crippen LogP contribution is 2.18. The standard InChI is InChI=1S/C16H24N6O3/c1-24-8-4-15-19-14(20-25-15)9-18-16(23)22-6-2-3-13(11-22)10-21-7-5-17-12-21/h5,7,12-13H,2-4,6,8-11H2,1H3,(H,18,23)/t13-/m0/s1. The second kappa shape index (κ2) is 8.61. The number of aromatic nitrogens is 4. The Kier molecular flexibility index (Phi) is 5.99. The maximum Gasteiger partial charge on any atom is 0.317 e. The van der Waals surface area contributed by atoms with Gasteiger partial charge in [0.1, 0.15) is 0 Å². The van der Waals surface area contributed by atoms with E-state index in [-0.39, 0.29) is 12.6 Å². The third-order valence-corrected chi connectivity index (χ3v) is 4.26. The van der Waals surface area contributed by atoms with Gasteiger partial charge in [0.2, 0.25) is 5.89 Å². The van der Waals surface area contributed by atoms with Crippen LogP contribution in [0.15, 0.2) is 23.2 Å². The minimum Gasteiger partial charge on any atom is -0.384 e. The Morgan fingerprint density at radius 3 is 3.24 bits per heavy atom. The molecule has 0 aromatic carbocycles. The molecule has 0 aliphatic carbocycles. The lowest BCUT2D eigenvalue weighted by Gasteiger charge is -2.32. The molecule has 136 valence electrons. The first-order chi connectivity index (χ1) is 12.2. The smallest absolute Gasteiger partial charge is 0.317 e. The van der Waals surface area contributed by atoms with Crippen LogP contribution in [0.1, 0.15) is 24.6 Å². The molecule has 9 nitrogen and oxygen atoms in total. The zero-order valence-corrected chi connectivity index (χ0v) is 14.4. The van der Waals surface area contributed by atoms with Gasteiger partial charge in [0.15, 0.2) is 5.82 Å². The first kappa shape index (κ1) is 17.4. The van der Waals surface area contributed by atoms with Gasteiger partial charge >= 0.3 is 6.03 Å². The second-order valence-electron chi connectivity index (χ2n) is 6.22. The summed E-state index contributed by atoms with van der Waals surface area (Å²) in [5.74, 6) is 1.44. The first-order valence-corrected chi connectivity index (χ1v) is 8.53. The van der Waals surface area contributed by atoms with Crippen molar-refractivity contribution in [2.24, 2.45) is 5.92 Å². The van der Waals surface area contributed by atoms with E-state index < -0.39 is 0 Å². The van der Waals surface area contributed by atoms with E-state index >= 15 is 0 Å². The molecular formula is C16H24N6O3. The molecule has 1 N–H and O–H groups in total. The third-order valence-electron chi connectivity index (χ3n) is 4.26. The van der Waals surface area contributed by atoms with Crippen LogP contribution in [0, 0.1) is 5.92 Å². The molecule has 1 atom stereocenters. The van der Waals surface area contributed by atoms with Crippen molar-refractivity contribution in [1.82, 2.24) is 29.9 Å². The molecule has 0 bridgehead atoms. The molecule has 2 aromatic heterocycles. The number of ether oxygens (including phenoxy) is 1. The van der Waals surface area contributed by atoms with Crippen molar-refractivity contribution in [2.45, 2.75) is 32.4 Å². The summed E-state index contributed by atoms with van der Waals surface area (Å²) < 4.78 is 12.1. The van der Waals surface area contributed by atoms with Gasteiger partial charge in [-0.05, 0) is 18.8 Å². The average Bonchev–Trinajstić information content (AvgIpc) is 3.30. The molecule has 0 unspecified atom stereocenters. The number of piperidine rings is 1. The number of hydrogen-bond acceptors (Lipinski definition) is 6. The van der Waals surface area contributed by atoms with Crippen molar-refractivity contribution >= 4 is 6.03 Å². The molecule has 0 saturated carbocycles. The summed E-state index contributed by atoms with van der Waals surface area (Å²) >= 11 is 0. The van der Waals surface area contributed by atoms with Crippen molar-refractivity contribution in [1.29, 1.82) is 0 Å².